The minimum atomic E-state index is -4.54. The van der Waals surface area contributed by atoms with Crippen LogP contribution in [0.3, 0.4) is 0 Å². The number of hydrogen-bond acceptors (Lipinski definition) is 26. The van der Waals surface area contributed by atoms with Crippen molar-refractivity contribution in [2.75, 3.05) is 108 Å². The van der Waals surface area contributed by atoms with Gasteiger partial charge in [0, 0.05) is 149 Å². The number of benzene rings is 4. The summed E-state index contributed by atoms with van der Waals surface area (Å²) in [4.78, 5) is 76.7. The van der Waals surface area contributed by atoms with E-state index in [1.807, 2.05) is 36.4 Å². The third kappa shape index (κ3) is 22.9. The van der Waals surface area contributed by atoms with Crippen LogP contribution in [0.4, 0.5) is 117 Å². The summed E-state index contributed by atoms with van der Waals surface area (Å²) < 4.78 is 227. The number of fused-ring (bicyclic) bond motifs is 8. The molecule has 0 bridgehead atoms. The van der Waals surface area contributed by atoms with Crippen molar-refractivity contribution in [3.8, 4) is 45.0 Å². The van der Waals surface area contributed by atoms with Gasteiger partial charge < -0.3 is 60.0 Å². The Labute approximate surface area is 801 Å². The zero-order valence-electron chi connectivity index (χ0n) is 77.8. The Hall–Kier alpha value is -14.5. The summed E-state index contributed by atoms with van der Waals surface area (Å²) >= 11 is 0. The average Bonchev–Trinajstić information content (AvgIpc) is 1.62. The molecule has 0 saturated carbocycles. The standard InChI is InChI=1S/C26H28F4N8.C26H29F3N8.C22H18F5N7.C22H19F4N7/c1-15-32-25-18(27)10-17(11-21(25)38(15)14-22(29)30)24-19(28)12-31-26(35-24)34-23-5-4-16-13-37(9-8-36(2)3)7-6-20(16)33-23;1-16-31-25-19(28)12-18(13-22(25)37(16)9-7-27)24-20(29)14-30-26(34-24)33-23-5-4-17-15-36(11-10-35(2)3)8-6-21(17)32-23;1-11-30-20-14(23)6-13(7-17(20)34(11)10-22(25,26)27)19-15(24)9-29-21(33-19)32-18-3-2-12-8-28-5-4-16(12)31-18;1-11-29-21-14(23)6-13(7-17(21)33(11)10-18(25)26)20-15(24)9-28-22(32-20)31-19-3-2-12-8-27-5-4-16(12)30-19/h4-5,10-12,22H,6-9,13-14H2,1-3H3,(H,31,33,34,35);4-5,12-14H,6-11,15H2,1-3H3,(H,30,32,33,34);2-3,6-7,9,28H,4-5,8,10H2,1H3,(H,29,31,32,33);2-3,6-7,9,18,27H,4-5,8,10H2,1H3,(H,28,30,31,32). The molecule has 4 aliphatic rings. The van der Waals surface area contributed by atoms with Crippen molar-refractivity contribution < 1.29 is 70.2 Å². The fourth-order valence-electron chi connectivity index (χ4n) is 17.2. The number of nitrogens with zero attached hydrogens (tertiary/aromatic N) is 24. The minimum Gasteiger partial charge on any atom is -0.325 e. The second kappa shape index (κ2) is 42.5. The van der Waals surface area contributed by atoms with Crippen molar-refractivity contribution >= 4 is 91.2 Å². The lowest BCUT2D eigenvalue weighted by molar-refractivity contribution is -0.140. The maximum Gasteiger partial charge on any atom is 0.406 e. The van der Waals surface area contributed by atoms with E-state index in [2.05, 4.69) is 149 Å². The van der Waals surface area contributed by atoms with E-state index in [1.165, 1.54) is 59.7 Å². The summed E-state index contributed by atoms with van der Waals surface area (Å²) in [5, 5.41) is 18.4. The molecule has 0 unspecified atom stereocenters. The first kappa shape index (κ1) is 99.1. The fourth-order valence-corrected chi connectivity index (χ4v) is 17.2. The van der Waals surface area contributed by atoms with Crippen LogP contribution >= 0.6 is 0 Å². The molecule has 0 fully saturated rings. The molecular formula is C96H94F16N30. The first-order chi connectivity index (χ1) is 68.1. The summed E-state index contributed by atoms with van der Waals surface area (Å²) in [5.41, 5.74) is 8.38. The van der Waals surface area contributed by atoms with Crippen LogP contribution in [0, 0.1) is 74.2 Å². The minimum absolute atomic E-state index is 0.0115. The molecule has 142 heavy (non-hydrogen) atoms. The smallest absolute Gasteiger partial charge is 0.325 e. The molecule has 0 radical (unpaired) electrons. The fraction of sp³-hybridized carbons (Fsp3) is 0.333. The van der Waals surface area contributed by atoms with Crippen LogP contribution in [0.5, 0.6) is 0 Å². The number of aryl methyl sites for hydroxylation is 5. The van der Waals surface area contributed by atoms with Crippen molar-refractivity contribution in [2.45, 2.75) is 125 Å². The lowest BCUT2D eigenvalue weighted by Crippen LogP contribution is -2.36. The van der Waals surface area contributed by atoms with Gasteiger partial charge in [-0.25, -0.2) is 137 Å². The van der Waals surface area contributed by atoms with E-state index in [0.717, 1.165) is 191 Å². The molecule has 6 N–H and O–H groups in total. The first-order valence-corrected chi connectivity index (χ1v) is 45.2. The third-order valence-corrected chi connectivity index (χ3v) is 24.1. The second-order valence-corrected chi connectivity index (χ2v) is 34.8. The molecule has 16 aromatic rings. The topological polar surface area (TPSA) is 311 Å². The summed E-state index contributed by atoms with van der Waals surface area (Å²) in [6.45, 7) is 13.4. The van der Waals surface area contributed by atoms with Gasteiger partial charge in [0.05, 0.1) is 66.5 Å². The van der Waals surface area contributed by atoms with Crippen molar-refractivity contribution in [1.82, 2.24) is 128 Å². The largest absolute Gasteiger partial charge is 0.406 e. The van der Waals surface area contributed by atoms with Gasteiger partial charge >= 0.3 is 6.18 Å². The summed E-state index contributed by atoms with van der Waals surface area (Å²) in [7, 11) is 8.24. The molecular weight excluding hydrogens is 1880 g/mol. The average molecular weight is 1970 g/mol. The molecule has 0 aliphatic carbocycles. The van der Waals surface area contributed by atoms with Crippen LogP contribution in [0.2, 0.25) is 0 Å². The summed E-state index contributed by atoms with van der Waals surface area (Å²) in [5.74, 6) is -2.86. The van der Waals surface area contributed by atoms with Crippen molar-refractivity contribution in [3.05, 3.63) is 237 Å². The molecule has 4 aliphatic heterocycles. The molecule has 0 atom stereocenters. The number of hydrogen-bond donors (Lipinski definition) is 6. The lowest BCUT2D eigenvalue weighted by atomic mass is 10.1. The second-order valence-electron chi connectivity index (χ2n) is 34.8. The van der Waals surface area contributed by atoms with Crippen molar-refractivity contribution in [1.29, 1.82) is 0 Å². The van der Waals surface area contributed by atoms with Crippen LogP contribution < -0.4 is 31.9 Å². The van der Waals surface area contributed by atoms with Crippen molar-refractivity contribution in [2.24, 2.45) is 0 Å². The quantitative estimate of drug-likeness (QED) is 0.0290. The monoisotopic (exact) mass is 1970 g/mol. The Morgan fingerprint density at radius 2 is 0.655 bits per heavy atom. The molecule has 0 saturated heterocycles. The molecule has 0 amide bonds. The predicted octanol–water partition coefficient (Wildman–Crippen LogP) is 17.1. The summed E-state index contributed by atoms with van der Waals surface area (Å²) in [6, 6.07) is 25.1. The Balaban J connectivity index is 0.000000130. The number of halogens is 16. The normalized spacial score (nSPS) is 13.8. The van der Waals surface area contributed by atoms with E-state index in [-0.39, 0.29) is 131 Å². The molecule has 12 aromatic heterocycles. The molecule has 20 rings (SSSR count). The van der Waals surface area contributed by atoms with Gasteiger partial charge in [-0.1, -0.05) is 24.3 Å². The molecule has 0 spiro atoms. The van der Waals surface area contributed by atoms with Crippen LogP contribution in [0.1, 0.15) is 68.3 Å². The van der Waals surface area contributed by atoms with E-state index in [4.69, 9.17) is 9.97 Å². The van der Waals surface area contributed by atoms with E-state index in [0.29, 0.717) is 34.6 Å². The number of alkyl halides is 8. The Kier molecular flexibility index (Phi) is 29.7. The SMILES string of the molecule is Cc1nc2c(F)cc(-c3nc(Nc4ccc5c(n4)CCN(CCN(C)C)C5)ncc3F)cc2n1CC(F)F.Cc1nc2c(F)cc(-c3nc(Nc4ccc5c(n4)CCN(CCN(C)C)C5)ncc3F)cc2n1CCF.Cc1nc2c(F)cc(-c3nc(Nc4ccc5c(n4)CCNC5)ncc3F)cc2n1CC(F)(F)F.Cc1nc2c(F)cc(-c3nc(Nc4ccc5c(n4)CCNC5)ncc3F)cc2n1CC(F)F. The predicted molar refractivity (Wildman–Crippen MR) is 502 cm³/mol. The van der Waals surface area contributed by atoms with E-state index in [9.17, 15) is 70.2 Å². The van der Waals surface area contributed by atoms with E-state index >= 15 is 0 Å². The molecule has 30 nitrogen and oxygen atoms in total. The molecule has 740 valence electrons. The number of anilines is 8. The first-order valence-electron chi connectivity index (χ1n) is 45.2. The number of nitrogens with one attached hydrogen (secondary N) is 6. The summed E-state index contributed by atoms with van der Waals surface area (Å²) in [6.07, 6.45) is -2.78. The number of imidazole rings is 4. The van der Waals surface area contributed by atoms with Gasteiger partial charge in [-0.05, 0) is 151 Å². The van der Waals surface area contributed by atoms with Gasteiger partial charge in [-0.2, -0.15) is 13.2 Å². The van der Waals surface area contributed by atoms with Gasteiger partial charge in [-0.15, -0.1) is 0 Å². The van der Waals surface area contributed by atoms with Gasteiger partial charge in [0.1, 0.15) is 105 Å². The highest BCUT2D eigenvalue weighted by Crippen LogP contribution is 2.38. The van der Waals surface area contributed by atoms with Crippen molar-refractivity contribution in [3.63, 3.8) is 0 Å². The maximum absolute atomic E-state index is 14.9. The van der Waals surface area contributed by atoms with Crippen LogP contribution in [0.25, 0.3) is 89.2 Å². The van der Waals surface area contributed by atoms with Gasteiger partial charge in [0.15, 0.2) is 46.5 Å². The van der Waals surface area contributed by atoms with Gasteiger partial charge in [0.2, 0.25) is 23.8 Å². The Morgan fingerprint density at radius 3 is 0.965 bits per heavy atom. The molecule has 46 heteroatoms. The van der Waals surface area contributed by atoms with Crippen LogP contribution in [-0.4, -0.2) is 224 Å². The zero-order chi connectivity index (χ0) is 100. The highest BCUT2D eigenvalue weighted by Gasteiger charge is 2.33. The number of likely N-dealkylation sites (N-methyl/N-ethyl adjacent to an activating group) is 2. The number of aromatic nitrogens is 20. The van der Waals surface area contributed by atoms with Crippen LogP contribution in [-0.2, 0) is 78.0 Å². The molecule has 16 heterocycles. The van der Waals surface area contributed by atoms with Crippen LogP contribution in [0.15, 0.2) is 122 Å². The Morgan fingerprint density at radius 1 is 0.359 bits per heavy atom. The highest BCUT2D eigenvalue weighted by atomic mass is 19.4. The Bertz CT molecular complexity index is 7370. The third-order valence-electron chi connectivity index (χ3n) is 24.1. The zero-order valence-corrected chi connectivity index (χ0v) is 77.8. The lowest BCUT2D eigenvalue weighted by Gasteiger charge is -2.29. The highest BCUT2D eigenvalue weighted by molar-refractivity contribution is 5.87. The van der Waals surface area contributed by atoms with Gasteiger partial charge in [0.25, 0.3) is 12.9 Å². The maximum atomic E-state index is 14.9. The van der Waals surface area contributed by atoms with E-state index in [1.54, 1.807) is 29.7 Å². The number of pyridine rings is 4. The molecule has 4 aromatic carbocycles. The van der Waals surface area contributed by atoms with Gasteiger partial charge in [-0.3, -0.25) is 9.80 Å². The number of rotatable bonds is 25. The van der Waals surface area contributed by atoms with E-state index < -0.39 is 91.9 Å².